The van der Waals surface area contributed by atoms with Crippen molar-refractivity contribution in [3.63, 3.8) is 0 Å². The molecule has 1 aliphatic heterocycles. The van der Waals surface area contributed by atoms with Gasteiger partial charge in [-0.2, -0.15) is 11.8 Å². The van der Waals surface area contributed by atoms with E-state index in [-0.39, 0.29) is 17.0 Å². The Kier molecular flexibility index (Phi) is 8.84. The van der Waals surface area contributed by atoms with Gasteiger partial charge in [0.15, 0.2) is 17.7 Å². The van der Waals surface area contributed by atoms with Crippen LogP contribution in [0.15, 0.2) is 36.9 Å². The van der Waals surface area contributed by atoms with Gasteiger partial charge in [0.25, 0.3) is 0 Å². The van der Waals surface area contributed by atoms with Gasteiger partial charge < -0.3 is 20.7 Å². The Hall–Kier alpha value is -2.53. The average molecular weight is 528 g/mol. The molecule has 0 saturated carbocycles. The largest absolute Gasteiger partial charge is 0.387 e. The number of Topliss-reactive ketones (excluding diaryl/α,β-unsaturated/α-hetero) is 1. The van der Waals surface area contributed by atoms with E-state index >= 15 is 0 Å². The first-order valence-electron chi connectivity index (χ1n) is 12.8. The summed E-state index contributed by atoms with van der Waals surface area (Å²) >= 11 is 1.67. The van der Waals surface area contributed by atoms with E-state index in [1.54, 1.807) is 16.3 Å². The molecule has 3 aromatic rings. The number of hydrogen-bond donors (Lipinski definition) is 3. The number of thioether (sulfide) groups is 1. The number of benzene rings is 1. The molecule has 9 nitrogen and oxygen atoms in total. The number of anilines is 1. The van der Waals surface area contributed by atoms with E-state index in [9.17, 15) is 15.0 Å². The molecule has 4 rings (SSSR count). The summed E-state index contributed by atoms with van der Waals surface area (Å²) < 4.78 is 7.56. The number of aromatic nitrogens is 4. The smallest absolute Gasteiger partial charge is 0.167 e. The fourth-order valence-corrected chi connectivity index (χ4v) is 5.58. The van der Waals surface area contributed by atoms with Crippen LogP contribution in [0, 0.1) is 0 Å². The van der Waals surface area contributed by atoms with Gasteiger partial charge in [0.05, 0.1) is 12.4 Å². The monoisotopic (exact) mass is 527 g/mol. The van der Waals surface area contributed by atoms with E-state index in [0.717, 1.165) is 30.6 Å². The number of aliphatic hydroxyl groups excluding tert-OH is 2. The minimum Gasteiger partial charge on any atom is -0.387 e. The summed E-state index contributed by atoms with van der Waals surface area (Å²) in [5.41, 5.74) is 9.19. The van der Waals surface area contributed by atoms with Crippen LogP contribution in [0.4, 0.5) is 5.82 Å². The van der Waals surface area contributed by atoms with Crippen molar-refractivity contribution in [2.24, 2.45) is 0 Å². The lowest BCUT2D eigenvalue weighted by Gasteiger charge is -2.19. The lowest BCUT2D eigenvalue weighted by atomic mass is 9.86. The number of carbonyl (C=O) groups excluding carboxylic acids is 1. The summed E-state index contributed by atoms with van der Waals surface area (Å²) in [6.07, 6.45) is 3.33. The van der Waals surface area contributed by atoms with Crippen LogP contribution in [0.2, 0.25) is 0 Å². The third-order valence-electron chi connectivity index (χ3n) is 6.75. The maximum Gasteiger partial charge on any atom is 0.167 e. The Labute approximate surface area is 221 Å². The number of rotatable bonds is 11. The van der Waals surface area contributed by atoms with Crippen LogP contribution < -0.4 is 5.73 Å². The zero-order chi connectivity index (χ0) is 26.6. The van der Waals surface area contributed by atoms with Crippen molar-refractivity contribution in [3.8, 4) is 0 Å². The number of nitrogens with zero attached hydrogens (tertiary/aromatic N) is 4. The van der Waals surface area contributed by atoms with Crippen LogP contribution in [0.3, 0.4) is 0 Å². The number of ketones is 1. The molecule has 0 aliphatic carbocycles. The number of nitrogens with two attached hydrogens (primary N) is 1. The summed E-state index contributed by atoms with van der Waals surface area (Å²) in [7, 11) is 0. The van der Waals surface area contributed by atoms with Crippen LogP contribution in [0.25, 0.3) is 11.2 Å². The first-order chi connectivity index (χ1) is 17.6. The molecular weight excluding hydrogens is 490 g/mol. The second-order valence-corrected chi connectivity index (χ2v) is 11.8. The molecule has 0 spiro atoms. The van der Waals surface area contributed by atoms with Crippen LogP contribution >= 0.6 is 11.8 Å². The number of fused-ring (bicyclic) bond motifs is 1. The van der Waals surface area contributed by atoms with E-state index in [1.165, 1.54) is 18.2 Å². The van der Waals surface area contributed by atoms with Gasteiger partial charge in [-0.1, -0.05) is 51.5 Å². The molecule has 1 aromatic carbocycles. The number of carbonyl (C=O) groups is 1. The highest BCUT2D eigenvalue weighted by atomic mass is 32.2. The Morgan fingerprint density at radius 3 is 2.57 bits per heavy atom. The highest BCUT2D eigenvalue weighted by molar-refractivity contribution is 7.99. The van der Waals surface area contributed by atoms with E-state index < -0.39 is 24.5 Å². The molecule has 1 saturated heterocycles. The van der Waals surface area contributed by atoms with Crippen molar-refractivity contribution < 1.29 is 19.7 Å². The number of aliphatic hydroxyl groups is 2. The van der Waals surface area contributed by atoms with Crippen molar-refractivity contribution >= 4 is 34.5 Å². The number of ether oxygens (including phenoxy) is 1. The van der Waals surface area contributed by atoms with E-state index in [0.29, 0.717) is 29.8 Å². The third-order valence-corrected chi connectivity index (χ3v) is 7.89. The Morgan fingerprint density at radius 1 is 1.08 bits per heavy atom. The zero-order valence-corrected chi connectivity index (χ0v) is 22.5. The summed E-state index contributed by atoms with van der Waals surface area (Å²) in [6, 6.07) is 8.37. The maximum atomic E-state index is 12.4. The molecule has 1 fully saturated rings. The van der Waals surface area contributed by atoms with Gasteiger partial charge in [0.1, 0.15) is 29.8 Å². The van der Waals surface area contributed by atoms with Gasteiger partial charge in [-0.05, 0) is 35.1 Å². The van der Waals surface area contributed by atoms with Crippen molar-refractivity contribution in [1.29, 1.82) is 0 Å². The highest BCUT2D eigenvalue weighted by Crippen LogP contribution is 2.33. The fraction of sp³-hybridized carbons (Fsp3) is 0.556. The summed E-state index contributed by atoms with van der Waals surface area (Å²) in [4.78, 5) is 24.7. The van der Waals surface area contributed by atoms with Gasteiger partial charge in [-0.15, -0.1) is 0 Å². The lowest BCUT2D eigenvalue weighted by molar-refractivity contribution is -0.118. The third kappa shape index (κ3) is 6.67. The summed E-state index contributed by atoms with van der Waals surface area (Å²) in [6.45, 7) is 6.55. The minimum absolute atomic E-state index is 0.114. The van der Waals surface area contributed by atoms with E-state index in [4.69, 9.17) is 10.5 Å². The second kappa shape index (κ2) is 11.9. The van der Waals surface area contributed by atoms with Gasteiger partial charge >= 0.3 is 0 Å². The molecule has 0 radical (unpaired) electrons. The molecule has 37 heavy (non-hydrogen) atoms. The Balaban J connectivity index is 1.14. The topological polar surface area (TPSA) is 136 Å². The average Bonchev–Trinajstić information content (AvgIpc) is 3.40. The highest BCUT2D eigenvalue weighted by Gasteiger charge is 2.44. The molecule has 1 aliphatic rings. The SMILES string of the molecule is CC(C)(C)c1ccc(CC(=O)CCCCCSC[C@H]2O[C@@H](n3cnc4c(N)ncnc43)[C@H](O)[C@@H]2O)cc1. The minimum atomic E-state index is -1.10. The molecule has 0 bridgehead atoms. The molecule has 0 unspecified atom stereocenters. The van der Waals surface area contributed by atoms with E-state index in [2.05, 4.69) is 60.0 Å². The van der Waals surface area contributed by atoms with Gasteiger partial charge in [0.2, 0.25) is 0 Å². The standard InChI is InChI=1S/C27H37N5O4S/c1-27(2,3)18-10-8-17(9-11-18)13-19(33)7-5-4-6-12-37-14-20-22(34)23(35)26(36-20)32-16-31-21-24(28)29-15-30-25(21)32/h8-11,15-16,20,22-23,26,34-35H,4-7,12-14H2,1-3H3,(H2,28,29,30)/t20-,22-,23-,26-/m1/s1. The van der Waals surface area contributed by atoms with Crippen molar-refractivity contribution in [2.45, 2.75) is 82.8 Å². The van der Waals surface area contributed by atoms with Gasteiger partial charge in [-0.25, -0.2) is 15.0 Å². The number of imidazole rings is 1. The summed E-state index contributed by atoms with van der Waals surface area (Å²) in [5, 5.41) is 21.1. The first kappa shape index (κ1) is 27.5. The molecule has 10 heteroatoms. The van der Waals surface area contributed by atoms with Crippen LogP contribution in [-0.4, -0.2) is 65.3 Å². The van der Waals surface area contributed by atoms with Crippen molar-refractivity contribution in [2.75, 3.05) is 17.2 Å². The maximum absolute atomic E-state index is 12.4. The van der Waals surface area contributed by atoms with Crippen molar-refractivity contribution in [3.05, 3.63) is 48.0 Å². The Bertz CT molecular complexity index is 1190. The number of hydrogen-bond acceptors (Lipinski definition) is 9. The molecule has 200 valence electrons. The number of unbranched alkanes of at least 4 members (excludes halogenated alkanes) is 2. The Morgan fingerprint density at radius 2 is 1.84 bits per heavy atom. The van der Waals surface area contributed by atoms with Crippen LogP contribution in [0.1, 0.15) is 63.8 Å². The second-order valence-electron chi connectivity index (χ2n) is 10.7. The zero-order valence-electron chi connectivity index (χ0n) is 21.7. The molecular formula is C27H37N5O4S. The predicted octanol–water partition coefficient (Wildman–Crippen LogP) is 3.43. The summed E-state index contributed by atoms with van der Waals surface area (Å²) in [5.74, 6) is 1.98. The molecule has 4 atom stereocenters. The van der Waals surface area contributed by atoms with Gasteiger partial charge in [-0.3, -0.25) is 9.36 Å². The molecule has 4 N–H and O–H groups in total. The molecule has 3 heterocycles. The fourth-order valence-electron chi connectivity index (χ4n) is 4.49. The molecule has 0 amide bonds. The van der Waals surface area contributed by atoms with Gasteiger partial charge in [0, 0.05) is 18.6 Å². The van der Waals surface area contributed by atoms with Crippen LogP contribution in [0.5, 0.6) is 0 Å². The van der Waals surface area contributed by atoms with E-state index in [1.807, 2.05) is 0 Å². The normalized spacial score (nSPS) is 22.1. The number of nitrogen functional groups attached to an aromatic ring is 1. The predicted molar refractivity (Wildman–Crippen MR) is 145 cm³/mol. The quantitative estimate of drug-likeness (QED) is 0.320. The lowest BCUT2D eigenvalue weighted by Crippen LogP contribution is -2.32. The van der Waals surface area contributed by atoms with Crippen molar-refractivity contribution in [1.82, 2.24) is 19.5 Å². The van der Waals surface area contributed by atoms with Crippen LogP contribution in [-0.2, 0) is 21.4 Å². The first-order valence-corrected chi connectivity index (χ1v) is 13.9. The molecule has 2 aromatic heterocycles.